The van der Waals surface area contributed by atoms with Crippen LogP contribution in [0.3, 0.4) is 0 Å². The minimum Gasteiger partial charge on any atom is -0.289 e. The predicted molar refractivity (Wildman–Crippen MR) is 41.3 cm³/mol. The Morgan fingerprint density at radius 3 is 2.50 bits per heavy atom. The van der Waals surface area contributed by atoms with E-state index in [2.05, 4.69) is 6.92 Å². The summed E-state index contributed by atoms with van der Waals surface area (Å²) in [6, 6.07) is 0. The summed E-state index contributed by atoms with van der Waals surface area (Å²) in [5.74, 6) is -0.288. The molecule has 0 rings (SSSR count). The molecule has 0 saturated carbocycles. The highest BCUT2D eigenvalue weighted by Crippen LogP contribution is 1.97. The number of hydrogen-bond acceptors (Lipinski definition) is 2. The fourth-order valence-corrected chi connectivity index (χ4v) is 0.591. The van der Waals surface area contributed by atoms with Crippen LogP contribution in [0.5, 0.6) is 0 Å². The lowest BCUT2D eigenvalue weighted by atomic mass is 10.2. The smallest absolute Gasteiger partial charge is 0.243 e. The molecule has 0 aromatic heterocycles. The summed E-state index contributed by atoms with van der Waals surface area (Å²) in [6.45, 7) is 2.07. The molecule has 0 aliphatic carbocycles. The first-order chi connectivity index (χ1) is 4.31. The topological polar surface area (TPSA) is 49.3 Å². The Labute approximate surface area is 67.2 Å². The van der Waals surface area contributed by atoms with Gasteiger partial charge in [0, 0.05) is 6.42 Å². The molecule has 0 unspecified atom stereocenters. The molecule has 0 aliphatic rings. The van der Waals surface area contributed by atoms with Gasteiger partial charge < -0.3 is 0 Å². The van der Waals surface area contributed by atoms with Crippen molar-refractivity contribution in [2.24, 2.45) is 0 Å². The fraction of sp³-hybridized carbons (Fsp3) is 0.833. The molecule has 0 saturated heterocycles. The number of halogens is 1. The minimum atomic E-state index is -0.288. The third-order valence-electron chi connectivity index (χ3n) is 1.13. The molecule has 0 aliphatic heterocycles. The van der Waals surface area contributed by atoms with E-state index >= 15 is 0 Å². The number of carbonyl (C=O) groups is 1. The Morgan fingerprint density at radius 2 is 2.10 bits per heavy atom. The summed E-state index contributed by atoms with van der Waals surface area (Å²) in [6.07, 6.45) is 3.44. The molecule has 0 aromatic carbocycles. The average molecular weight is 168 g/mol. The van der Waals surface area contributed by atoms with Gasteiger partial charge in [-0.05, 0) is 6.42 Å². The highest BCUT2D eigenvalue weighted by atomic mass is 35.5. The molecule has 62 valence electrons. The fourth-order valence-electron chi connectivity index (χ4n) is 0.591. The molecule has 0 spiro atoms. The van der Waals surface area contributed by atoms with E-state index in [9.17, 15) is 4.79 Å². The van der Waals surface area contributed by atoms with E-state index in [1.807, 2.05) is 0 Å². The molecule has 0 atom stereocenters. The number of amides is 1. The summed E-state index contributed by atoms with van der Waals surface area (Å²) < 4.78 is 0. The van der Waals surface area contributed by atoms with Crippen molar-refractivity contribution in [3.8, 4) is 0 Å². The van der Waals surface area contributed by atoms with E-state index in [4.69, 9.17) is 5.21 Å². The van der Waals surface area contributed by atoms with Crippen LogP contribution in [0.1, 0.15) is 32.6 Å². The lowest BCUT2D eigenvalue weighted by Gasteiger charge is -1.95. The van der Waals surface area contributed by atoms with Crippen molar-refractivity contribution < 1.29 is 10.0 Å². The van der Waals surface area contributed by atoms with Crippen molar-refractivity contribution >= 4 is 18.3 Å². The van der Waals surface area contributed by atoms with Crippen LogP contribution in [0.25, 0.3) is 0 Å². The maximum atomic E-state index is 10.3. The molecule has 0 heterocycles. The summed E-state index contributed by atoms with van der Waals surface area (Å²) in [4.78, 5) is 10.3. The monoisotopic (exact) mass is 167 g/mol. The van der Waals surface area contributed by atoms with Gasteiger partial charge in [-0.2, -0.15) is 0 Å². The van der Waals surface area contributed by atoms with Crippen molar-refractivity contribution in [3.05, 3.63) is 0 Å². The van der Waals surface area contributed by atoms with Crippen LogP contribution in [0, 0.1) is 0 Å². The van der Waals surface area contributed by atoms with Crippen molar-refractivity contribution in [2.75, 3.05) is 0 Å². The van der Waals surface area contributed by atoms with Crippen molar-refractivity contribution in [1.82, 2.24) is 5.48 Å². The number of rotatable bonds is 4. The van der Waals surface area contributed by atoms with Crippen LogP contribution in [0.15, 0.2) is 0 Å². The third kappa shape index (κ3) is 7.72. The quantitative estimate of drug-likeness (QED) is 0.379. The van der Waals surface area contributed by atoms with Gasteiger partial charge in [-0.3, -0.25) is 10.0 Å². The van der Waals surface area contributed by atoms with E-state index in [0.29, 0.717) is 6.42 Å². The Kier molecular flexibility index (Phi) is 10.8. The van der Waals surface area contributed by atoms with Gasteiger partial charge in [-0.25, -0.2) is 5.48 Å². The maximum absolute atomic E-state index is 10.3. The zero-order valence-corrected chi connectivity index (χ0v) is 6.91. The van der Waals surface area contributed by atoms with Crippen LogP contribution in [0.4, 0.5) is 0 Å². The molecule has 0 aromatic rings. The van der Waals surface area contributed by atoms with Crippen LogP contribution in [0.2, 0.25) is 0 Å². The molecular weight excluding hydrogens is 154 g/mol. The summed E-state index contributed by atoms with van der Waals surface area (Å²) in [5.41, 5.74) is 1.58. The first-order valence-electron chi connectivity index (χ1n) is 3.24. The lowest BCUT2D eigenvalue weighted by molar-refractivity contribution is -0.129. The summed E-state index contributed by atoms with van der Waals surface area (Å²) >= 11 is 0. The first-order valence-corrected chi connectivity index (χ1v) is 3.24. The SMILES string of the molecule is CCCCCC(=O)NO.Cl. The van der Waals surface area contributed by atoms with Crippen molar-refractivity contribution in [2.45, 2.75) is 32.6 Å². The lowest BCUT2D eigenvalue weighted by Crippen LogP contribution is -2.17. The Hall–Kier alpha value is -0.280. The Bertz CT molecular complexity index is 87.8. The van der Waals surface area contributed by atoms with E-state index in [0.717, 1.165) is 19.3 Å². The number of nitrogens with one attached hydrogen (secondary N) is 1. The minimum absolute atomic E-state index is 0. The second-order valence-electron chi connectivity index (χ2n) is 1.99. The number of hydroxylamine groups is 1. The van der Waals surface area contributed by atoms with Gasteiger partial charge in [0.15, 0.2) is 0 Å². The van der Waals surface area contributed by atoms with Crippen molar-refractivity contribution in [3.63, 3.8) is 0 Å². The summed E-state index contributed by atoms with van der Waals surface area (Å²) in [7, 11) is 0. The van der Waals surface area contributed by atoms with Crippen LogP contribution in [-0.2, 0) is 4.79 Å². The van der Waals surface area contributed by atoms with Gasteiger partial charge in [-0.15, -0.1) is 12.4 Å². The van der Waals surface area contributed by atoms with E-state index in [1.165, 1.54) is 0 Å². The van der Waals surface area contributed by atoms with Gasteiger partial charge in [0.1, 0.15) is 0 Å². The molecule has 4 heteroatoms. The molecule has 0 fully saturated rings. The van der Waals surface area contributed by atoms with Gasteiger partial charge in [-0.1, -0.05) is 19.8 Å². The molecule has 0 radical (unpaired) electrons. The largest absolute Gasteiger partial charge is 0.289 e. The number of hydrogen-bond donors (Lipinski definition) is 2. The zero-order chi connectivity index (χ0) is 7.11. The Balaban J connectivity index is 0. The van der Waals surface area contributed by atoms with Crippen LogP contribution in [-0.4, -0.2) is 11.1 Å². The molecule has 0 bridgehead atoms. The third-order valence-corrected chi connectivity index (χ3v) is 1.13. The highest BCUT2D eigenvalue weighted by Gasteiger charge is 1.95. The van der Waals surface area contributed by atoms with Gasteiger partial charge in [0.05, 0.1) is 0 Å². The standard InChI is InChI=1S/C6H13NO2.ClH/c1-2-3-4-5-6(8)7-9;/h9H,2-5H2,1H3,(H,7,8);1H. The molecule has 10 heavy (non-hydrogen) atoms. The number of unbranched alkanes of at least 4 members (excludes halogenated alkanes) is 2. The van der Waals surface area contributed by atoms with Gasteiger partial charge >= 0.3 is 0 Å². The second kappa shape index (κ2) is 8.72. The molecule has 3 nitrogen and oxygen atoms in total. The highest BCUT2D eigenvalue weighted by molar-refractivity contribution is 5.85. The van der Waals surface area contributed by atoms with E-state index in [1.54, 1.807) is 5.48 Å². The maximum Gasteiger partial charge on any atom is 0.243 e. The zero-order valence-electron chi connectivity index (χ0n) is 6.09. The summed E-state index contributed by atoms with van der Waals surface area (Å²) in [5, 5.41) is 8.03. The van der Waals surface area contributed by atoms with E-state index < -0.39 is 0 Å². The molecule has 1 amide bonds. The van der Waals surface area contributed by atoms with Crippen LogP contribution >= 0.6 is 12.4 Å². The van der Waals surface area contributed by atoms with Crippen LogP contribution < -0.4 is 5.48 Å². The van der Waals surface area contributed by atoms with E-state index in [-0.39, 0.29) is 18.3 Å². The van der Waals surface area contributed by atoms with Crippen molar-refractivity contribution in [1.29, 1.82) is 0 Å². The predicted octanol–water partition coefficient (Wildman–Crippen LogP) is 1.49. The normalized spacial score (nSPS) is 8.20. The van der Waals surface area contributed by atoms with Gasteiger partial charge in [0.25, 0.3) is 0 Å². The molecule has 2 N–H and O–H groups in total. The Morgan fingerprint density at radius 1 is 1.50 bits per heavy atom. The first kappa shape index (κ1) is 12.4. The average Bonchev–Trinajstić information content (AvgIpc) is 1.89. The molecular formula is C6H14ClNO2. The second-order valence-corrected chi connectivity index (χ2v) is 1.99. The number of carbonyl (C=O) groups excluding carboxylic acids is 1. The van der Waals surface area contributed by atoms with Gasteiger partial charge in [0.2, 0.25) is 5.91 Å².